The fourth-order valence-corrected chi connectivity index (χ4v) is 6.91. The molecule has 4 fully saturated rings. The number of halogens is 1. The summed E-state index contributed by atoms with van der Waals surface area (Å²) in [4.78, 5) is 16.9. The van der Waals surface area contributed by atoms with E-state index < -0.39 is 0 Å². The summed E-state index contributed by atoms with van der Waals surface area (Å²) >= 11 is 5.45. The van der Waals surface area contributed by atoms with Gasteiger partial charge in [0.25, 0.3) is 0 Å². The summed E-state index contributed by atoms with van der Waals surface area (Å²) in [7, 11) is 0. The second kappa shape index (κ2) is 4.04. The number of nitrogens with zero attached hydrogens (tertiary/aromatic N) is 1. The number of hydrogen-bond acceptors (Lipinski definition) is 3. The lowest BCUT2D eigenvalue weighted by Gasteiger charge is -2.59. The Morgan fingerprint density at radius 2 is 2.11 bits per heavy atom. The van der Waals surface area contributed by atoms with E-state index in [0.717, 1.165) is 36.2 Å². The SMILES string of the molecule is O=C(Nc1nccs1)C12CC3CC(CC(Br)(C3)C1)C2. The van der Waals surface area contributed by atoms with Crippen molar-refractivity contribution in [2.24, 2.45) is 17.3 Å². The summed E-state index contributed by atoms with van der Waals surface area (Å²) in [6.45, 7) is 0. The fraction of sp³-hybridized carbons (Fsp3) is 0.714. The Morgan fingerprint density at radius 1 is 1.37 bits per heavy atom. The zero-order valence-electron chi connectivity index (χ0n) is 10.7. The molecule has 4 saturated carbocycles. The van der Waals surface area contributed by atoms with Gasteiger partial charge in [-0.05, 0) is 50.4 Å². The van der Waals surface area contributed by atoms with Crippen molar-refractivity contribution in [3.8, 4) is 0 Å². The van der Waals surface area contributed by atoms with Crippen molar-refractivity contribution in [1.29, 1.82) is 0 Å². The molecule has 1 aromatic heterocycles. The van der Waals surface area contributed by atoms with Crippen LogP contribution in [0.15, 0.2) is 11.6 Å². The second-order valence-corrected chi connectivity index (χ2v) is 9.26. The van der Waals surface area contributed by atoms with E-state index in [9.17, 15) is 4.79 Å². The van der Waals surface area contributed by atoms with Crippen molar-refractivity contribution >= 4 is 38.3 Å². The molecule has 4 aliphatic rings. The van der Waals surface area contributed by atoms with Crippen LogP contribution in [-0.2, 0) is 4.79 Å². The molecule has 1 N–H and O–H groups in total. The standard InChI is InChI=1S/C14H17BrN2OS/c15-14-6-9-3-10(7-14)5-13(4-9,8-14)11(18)17-12-16-1-2-19-12/h1-2,9-10H,3-8H2,(H,16,17,18). The second-order valence-electron chi connectivity index (χ2n) is 6.68. The zero-order valence-corrected chi connectivity index (χ0v) is 13.1. The van der Waals surface area contributed by atoms with E-state index >= 15 is 0 Å². The summed E-state index contributed by atoms with van der Waals surface area (Å²) in [5.41, 5.74) is -0.140. The highest BCUT2D eigenvalue weighted by Gasteiger charge is 2.59. The van der Waals surface area contributed by atoms with Gasteiger partial charge in [0.05, 0.1) is 5.41 Å². The number of thiazole rings is 1. The largest absolute Gasteiger partial charge is 0.301 e. The van der Waals surface area contributed by atoms with Gasteiger partial charge in [0.2, 0.25) is 5.91 Å². The van der Waals surface area contributed by atoms with E-state index in [2.05, 4.69) is 26.2 Å². The van der Waals surface area contributed by atoms with Crippen LogP contribution in [0.25, 0.3) is 0 Å². The molecule has 0 saturated heterocycles. The van der Waals surface area contributed by atoms with Crippen molar-refractivity contribution in [2.45, 2.75) is 42.8 Å². The first kappa shape index (κ1) is 12.3. The molecule has 1 heterocycles. The molecule has 1 aromatic rings. The van der Waals surface area contributed by atoms with Gasteiger partial charge < -0.3 is 5.32 Å². The Bertz CT molecular complexity index is 502. The quantitative estimate of drug-likeness (QED) is 0.831. The third-order valence-corrected chi connectivity index (χ3v) is 6.74. The summed E-state index contributed by atoms with van der Waals surface area (Å²) in [5, 5.41) is 5.69. The third kappa shape index (κ3) is 1.97. The number of nitrogens with one attached hydrogen (secondary N) is 1. The van der Waals surface area contributed by atoms with Crippen LogP contribution >= 0.6 is 27.3 Å². The van der Waals surface area contributed by atoms with Gasteiger partial charge in [0.1, 0.15) is 0 Å². The molecule has 5 rings (SSSR count). The first-order valence-electron chi connectivity index (χ1n) is 6.97. The number of hydrogen-bond donors (Lipinski definition) is 1. The van der Waals surface area contributed by atoms with Gasteiger partial charge in [-0.2, -0.15) is 0 Å². The van der Waals surface area contributed by atoms with E-state index in [1.54, 1.807) is 6.20 Å². The van der Waals surface area contributed by atoms with E-state index in [0.29, 0.717) is 0 Å². The Hall–Kier alpha value is -0.420. The Balaban J connectivity index is 1.61. The molecule has 0 radical (unpaired) electrons. The highest BCUT2D eigenvalue weighted by Crippen LogP contribution is 2.64. The Morgan fingerprint density at radius 3 is 2.68 bits per heavy atom. The number of carbonyl (C=O) groups excluding carboxylic acids is 1. The van der Waals surface area contributed by atoms with Gasteiger partial charge in [0, 0.05) is 15.9 Å². The maximum Gasteiger partial charge on any atom is 0.232 e. The van der Waals surface area contributed by atoms with Crippen LogP contribution in [-0.4, -0.2) is 15.2 Å². The van der Waals surface area contributed by atoms with Gasteiger partial charge >= 0.3 is 0 Å². The summed E-state index contributed by atoms with van der Waals surface area (Å²) < 4.78 is 0.233. The van der Waals surface area contributed by atoms with Crippen molar-refractivity contribution < 1.29 is 4.79 Å². The predicted molar refractivity (Wildman–Crippen MR) is 79.5 cm³/mol. The fourth-order valence-electron chi connectivity index (χ4n) is 4.93. The maximum absolute atomic E-state index is 12.7. The molecule has 2 atom stereocenters. The van der Waals surface area contributed by atoms with E-state index in [4.69, 9.17) is 0 Å². The number of amides is 1. The third-order valence-electron chi connectivity index (χ3n) is 5.12. The van der Waals surface area contributed by atoms with Crippen molar-refractivity contribution in [1.82, 2.24) is 4.98 Å². The molecule has 5 heteroatoms. The molecular weight excluding hydrogens is 324 g/mol. The first-order chi connectivity index (χ1) is 9.07. The van der Waals surface area contributed by atoms with Crippen molar-refractivity contribution in [2.75, 3.05) is 5.32 Å². The lowest BCUT2D eigenvalue weighted by molar-refractivity contribution is -0.138. The van der Waals surface area contributed by atoms with E-state index in [1.165, 1.54) is 30.6 Å². The molecule has 0 spiro atoms. The molecule has 4 aliphatic carbocycles. The normalized spacial score (nSPS) is 43.4. The molecule has 3 nitrogen and oxygen atoms in total. The lowest BCUT2D eigenvalue weighted by Crippen LogP contribution is -2.57. The van der Waals surface area contributed by atoms with Crippen LogP contribution in [0.3, 0.4) is 0 Å². The molecule has 2 unspecified atom stereocenters. The monoisotopic (exact) mass is 340 g/mol. The van der Waals surface area contributed by atoms with E-state index in [1.807, 2.05) is 5.38 Å². The highest BCUT2D eigenvalue weighted by molar-refractivity contribution is 9.10. The summed E-state index contributed by atoms with van der Waals surface area (Å²) in [5.74, 6) is 1.69. The van der Waals surface area contributed by atoms with Crippen LogP contribution in [0.5, 0.6) is 0 Å². The van der Waals surface area contributed by atoms with Crippen molar-refractivity contribution in [3.05, 3.63) is 11.6 Å². The Labute approximate surface area is 125 Å². The van der Waals surface area contributed by atoms with Gasteiger partial charge in [0.15, 0.2) is 5.13 Å². The summed E-state index contributed by atoms with van der Waals surface area (Å²) in [6, 6.07) is 0. The molecule has 1 amide bonds. The number of alkyl halides is 1. The molecule has 0 aromatic carbocycles. The Kier molecular flexibility index (Phi) is 2.62. The smallest absolute Gasteiger partial charge is 0.232 e. The van der Waals surface area contributed by atoms with Crippen LogP contribution < -0.4 is 5.32 Å². The van der Waals surface area contributed by atoms with E-state index in [-0.39, 0.29) is 15.6 Å². The average molecular weight is 341 g/mol. The molecule has 4 bridgehead atoms. The predicted octanol–water partition coefficient (Wildman–Crippen LogP) is 3.82. The number of rotatable bonds is 2. The van der Waals surface area contributed by atoms with Gasteiger partial charge in [-0.25, -0.2) is 4.98 Å². The molecule has 19 heavy (non-hydrogen) atoms. The maximum atomic E-state index is 12.7. The number of anilines is 1. The topological polar surface area (TPSA) is 42.0 Å². The minimum absolute atomic E-state index is 0.140. The van der Waals surface area contributed by atoms with Gasteiger partial charge in [-0.3, -0.25) is 4.79 Å². The van der Waals surface area contributed by atoms with Crippen molar-refractivity contribution in [3.63, 3.8) is 0 Å². The molecule has 0 aliphatic heterocycles. The molecular formula is C14H17BrN2OS. The number of carbonyl (C=O) groups is 1. The first-order valence-corrected chi connectivity index (χ1v) is 8.64. The number of aromatic nitrogens is 1. The van der Waals surface area contributed by atoms with Crippen LogP contribution in [0, 0.1) is 17.3 Å². The van der Waals surface area contributed by atoms with Crippen LogP contribution in [0.4, 0.5) is 5.13 Å². The average Bonchev–Trinajstić information content (AvgIpc) is 2.78. The zero-order chi connectivity index (χ0) is 13.1. The minimum atomic E-state index is -0.140. The van der Waals surface area contributed by atoms with Crippen LogP contribution in [0.2, 0.25) is 0 Å². The van der Waals surface area contributed by atoms with Gasteiger partial charge in [-0.15, -0.1) is 11.3 Å². The van der Waals surface area contributed by atoms with Gasteiger partial charge in [-0.1, -0.05) is 15.9 Å². The van der Waals surface area contributed by atoms with Crippen LogP contribution in [0.1, 0.15) is 38.5 Å². The lowest BCUT2D eigenvalue weighted by atomic mass is 9.49. The highest BCUT2D eigenvalue weighted by atomic mass is 79.9. The minimum Gasteiger partial charge on any atom is -0.301 e. The molecule has 102 valence electrons. The summed E-state index contributed by atoms with van der Waals surface area (Å²) in [6.07, 6.45) is 8.75.